The molecule has 1 aliphatic heterocycles. The monoisotopic (exact) mass is 481 g/mol. The first-order valence-corrected chi connectivity index (χ1v) is 11.2. The van der Waals surface area contributed by atoms with Crippen LogP contribution in [0.1, 0.15) is 37.7 Å². The van der Waals surface area contributed by atoms with Crippen molar-refractivity contribution in [2.24, 2.45) is 0 Å². The van der Waals surface area contributed by atoms with Gasteiger partial charge in [-0.05, 0) is 49.6 Å². The summed E-state index contributed by atoms with van der Waals surface area (Å²) >= 11 is 3.51. The number of ketones is 1. The largest absolute Gasteiger partial charge is 0.490 e. The van der Waals surface area contributed by atoms with Gasteiger partial charge in [0.15, 0.2) is 5.78 Å². The van der Waals surface area contributed by atoms with Crippen LogP contribution >= 0.6 is 15.9 Å². The number of carbonyl (C=O) groups excluding carboxylic acids is 2. The van der Waals surface area contributed by atoms with Gasteiger partial charge in [0.05, 0.1) is 5.57 Å². The van der Waals surface area contributed by atoms with Gasteiger partial charge in [0, 0.05) is 33.8 Å². The van der Waals surface area contributed by atoms with E-state index in [9.17, 15) is 9.59 Å². The van der Waals surface area contributed by atoms with E-state index in [1.807, 2.05) is 61.5 Å². The Hall–Kier alpha value is -2.86. The molecule has 0 amide bonds. The molecule has 0 spiro atoms. The fraction of sp³-hybridized carbons (Fsp3) is 0.280. The van der Waals surface area contributed by atoms with Crippen LogP contribution in [-0.4, -0.2) is 25.0 Å². The molecule has 1 N–H and O–H groups in total. The number of benzene rings is 2. The van der Waals surface area contributed by atoms with E-state index >= 15 is 0 Å². The second-order valence-corrected chi connectivity index (χ2v) is 8.53. The minimum atomic E-state index is -0.441. The van der Waals surface area contributed by atoms with Crippen LogP contribution in [0.2, 0.25) is 0 Å². The Morgan fingerprint density at radius 2 is 1.90 bits per heavy atom. The maximum absolute atomic E-state index is 13.1. The average Bonchev–Trinajstić information content (AvgIpc) is 2.76. The number of dihydropyridines is 1. The standard InChI is InChI=1S/C25H24BrNO4/c1-16-22(25(29)31-14-13-30-19-9-3-2-4-10-19)23(17-7-5-8-18(26)15-17)24-20(27-16)11-6-12-21(24)28/h2-5,7-10,15,23,27H,6,11-14H2,1H3. The molecule has 2 aromatic carbocycles. The van der Waals surface area contributed by atoms with Gasteiger partial charge in [-0.2, -0.15) is 0 Å². The quantitative estimate of drug-likeness (QED) is 0.462. The molecule has 1 atom stereocenters. The highest BCUT2D eigenvalue weighted by molar-refractivity contribution is 9.10. The van der Waals surface area contributed by atoms with E-state index in [1.54, 1.807) is 0 Å². The van der Waals surface area contributed by atoms with Gasteiger partial charge in [0.2, 0.25) is 0 Å². The maximum atomic E-state index is 13.1. The molecular formula is C25H24BrNO4. The SMILES string of the molecule is CC1=C(C(=O)OCCOc2ccccc2)C(c2cccc(Br)c2)C2=C(CCCC2=O)N1. The Balaban J connectivity index is 1.56. The molecule has 160 valence electrons. The van der Waals surface area contributed by atoms with Gasteiger partial charge in [-0.1, -0.05) is 46.3 Å². The normalized spacial score (nSPS) is 18.4. The molecule has 0 saturated heterocycles. The third-order valence-corrected chi connectivity index (χ3v) is 6.00. The van der Waals surface area contributed by atoms with Gasteiger partial charge in [-0.15, -0.1) is 0 Å². The fourth-order valence-corrected chi connectivity index (χ4v) is 4.58. The van der Waals surface area contributed by atoms with Crippen molar-refractivity contribution in [2.45, 2.75) is 32.1 Å². The van der Waals surface area contributed by atoms with E-state index in [0.717, 1.165) is 40.0 Å². The van der Waals surface area contributed by atoms with E-state index in [4.69, 9.17) is 9.47 Å². The van der Waals surface area contributed by atoms with Crippen molar-refractivity contribution >= 4 is 27.7 Å². The molecule has 1 unspecified atom stereocenters. The average molecular weight is 482 g/mol. The third-order valence-electron chi connectivity index (χ3n) is 5.51. The Morgan fingerprint density at radius 1 is 1.10 bits per heavy atom. The second kappa shape index (κ2) is 9.52. The Bertz CT molecular complexity index is 1060. The van der Waals surface area contributed by atoms with Gasteiger partial charge in [-0.25, -0.2) is 4.79 Å². The van der Waals surface area contributed by atoms with Gasteiger partial charge in [0.25, 0.3) is 0 Å². The van der Waals surface area contributed by atoms with Crippen LogP contribution < -0.4 is 10.1 Å². The number of hydrogen-bond donors (Lipinski definition) is 1. The summed E-state index contributed by atoms with van der Waals surface area (Å²) in [6.07, 6.45) is 2.12. The number of nitrogens with one attached hydrogen (secondary N) is 1. The van der Waals surface area contributed by atoms with E-state index in [1.165, 1.54) is 0 Å². The van der Waals surface area contributed by atoms with Gasteiger partial charge in [0.1, 0.15) is 19.0 Å². The number of hydrogen-bond acceptors (Lipinski definition) is 5. The first kappa shape index (κ1) is 21.4. The highest BCUT2D eigenvalue weighted by Gasteiger charge is 2.39. The minimum absolute atomic E-state index is 0.0870. The Morgan fingerprint density at radius 3 is 2.68 bits per heavy atom. The minimum Gasteiger partial charge on any atom is -0.490 e. The van der Waals surface area contributed by atoms with Gasteiger partial charge < -0.3 is 14.8 Å². The molecule has 31 heavy (non-hydrogen) atoms. The number of esters is 1. The van der Waals surface area contributed by atoms with Crippen molar-refractivity contribution in [2.75, 3.05) is 13.2 Å². The molecular weight excluding hydrogens is 458 g/mol. The predicted molar refractivity (Wildman–Crippen MR) is 121 cm³/mol. The first-order chi connectivity index (χ1) is 15.0. The molecule has 0 saturated carbocycles. The fourth-order valence-electron chi connectivity index (χ4n) is 4.16. The Kier molecular flexibility index (Phi) is 6.56. The topological polar surface area (TPSA) is 64.6 Å². The van der Waals surface area contributed by atoms with Crippen LogP contribution in [0, 0.1) is 0 Å². The lowest BCUT2D eigenvalue weighted by Gasteiger charge is -2.34. The third kappa shape index (κ3) is 4.74. The summed E-state index contributed by atoms with van der Waals surface area (Å²) in [6, 6.07) is 17.1. The molecule has 5 nitrogen and oxygen atoms in total. The van der Waals surface area contributed by atoms with Crippen LogP contribution in [0.3, 0.4) is 0 Å². The number of rotatable bonds is 6. The number of para-hydroxylation sites is 1. The summed E-state index contributed by atoms with van der Waals surface area (Å²) in [5.74, 6) is -0.0625. The summed E-state index contributed by atoms with van der Waals surface area (Å²) in [7, 11) is 0. The van der Waals surface area contributed by atoms with Gasteiger partial charge in [-0.3, -0.25) is 4.79 Å². The highest BCUT2D eigenvalue weighted by atomic mass is 79.9. The van der Waals surface area contributed by atoms with Crippen LogP contribution in [0.25, 0.3) is 0 Å². The highest BCUT2D eigenvalue weighted by Crippen LogP contribution is 2.42. The molecule has 0 radical (unpaired) electrons. The number of carbonyl (C=O) groups is 2. The molecule has 0 aromatic heterocycles. The lowest BCUT2D eigenvalue weighted by Crippen LogP contribution is -2.34. The number of ether oxygens (including phenoxy) is 2. The van der Waals surface area contributed by atoms with Crippen molar-refractivity contribution in [3.05, 3.63) is 87.2 Å². The van der Waals surface area contributed by atoms with E-state index < -0.39 is 11.9 Å². The van der Waals surface area contributed by atoms with Crippen LogP contribution in [-0.2, 0) is 14.3 Å². The molecule has 6 heteroatoms. The number of Topliss-reactive ketones (excluding diaryl/α,β-unsaturated/α-hetero) is 1. The number of allylic oxidation sites excluding steroid dienone is 3. The summed E-state index contributed by atoms with van der Waals surface area (Å²) < 4.78 is 12.1. The van der Waals surface area contributed by atoms with Crippen LogP contribution in [0.5, 0.6) is 5.75 Å². The van der Waals surface area contributed by atoms with Crippen LogP contribution in [0.15, 0.2) is 81.6 Å². The molecule has 2 aromatic rings. The summed E-state index contributed by atoms with van der Waals surface area (Å²) in [4.78, 5) is 26.0. The molecule has 2 aliphatic rings. The number of halogens is 1. The zero-order valence-electron chi connectivity index (χ0n) is 17.3. The summed E-state index contributed by atoms with van der Waals surface area (Å²) in [5.41, 5.74) is 3.70. The van der Waals surface area contributed by atoms with E-state index in [0.29, 0.717) is 17.6 Å². The van der Waals surface area contributed by atoms with Crippen molar-refractivity contribution in [1.29, 1.82) is 0 Å². The van der Waals surface area contributed by atoms with Crippen LogP contribution in [0.4, 0.5) is 0 Å². The van der Waals surface area contributed by atoms with E-state index in [-0.39, 0.29) is 19.0 Å². The smallest absolute Gasteiger partial charge is 0.336 e. The van der Waals surface area contributed by atoms with Crippen molar-refractivity contribution in [1.82, 2.24) is 5.32 Å². The maximum Gasteiger partial charge on any atom is 0.336 e. The molecule has 0 fully saturated rings. The molecule has 0 bridgehead atoms. The first-order valence-electron chi connectivity index (χ1n) is 10.4. The van der Waals surface area contributed by atoms with E-state index in [2.05, 4.69) is 21.2 Å². The zero-order valence-corrected chi connectivity index (χ0v) is 18.9. The Labute approximate surface area is 190 Å². The molecule has 1 heterocycles. The second-order valence-electron chi connectivity index (χ2n) is 7.62. The van der Waals surface area contributed by atoms with Gasteiger partial charge >= 0.3 is 5.97 Å². The molecule has 4 rings (SSSR count). The lowest BCUT2D eigenvalue weighted by molar-refractivity contribution is -0.140. The zero-order chi connectivity index (χ0) is 21.8. The summed E-state index contributed by atoms with van der Waals surface area (Å²) in [5, 5.41) is 3.30. The van der Waals surface area contributed by atoms with Crippen molar-refractivity contribution < 1.29 is 19.1 Å². The predicted octanol–water partition coefficient (Wildman–Crippen LogP) is 5.04. The summed E-state index contributed by atoms with van der Waals surface area (Å²) in [6.45, 7) is 2.24. The van der Waals surface area contributed by atoms with Crippen molar-refractivity contribution in [3.63, 3.8) is 0 Å². The lowest BCUT2D eigenvalue weighted by atomic mass is 9.75. The van der Waals surface area contributed by atoms with Crippen molar-refractivity contribution in [3.8, 4) is 5.75 Å². The molecule has 1 aliphatic carbocycles.